The predicted molar refractivity (Wildman–Crippen MR) is 70.0 cm³/mol. The quantitative estimate of drug-likeness (QED) is 0.775. The Kier molecular flexibility index (Phi) is 6.43. The lowest BCUT2D eigenvalue weighted by atomic mass is 10.2. The molecule has 1 amide bonds. The summed E-state index contributed by atoms with van der Waals surface area (Å²) < 4.78 is 0.932. The van der Waals surface area contributed by atoms with Crippen molar-refractivity contribution >= 4 is 27.8 Å². The van der Waals surface area contributed by atoms with E-state index in [9.17, 15) is 14.7 Å². The number of amides is 1. The molecule has 0 aliphatic rings. The van der Waals surface area contributed by atoms with Gasteiger partial charge < -0.3 is 15.2 Å². The first-order valence-electron chi connectivity index (χ1n) is 5.83. The molecule has 0 unspecified atom stereocenters. The van der Waals surface area contributed by atoms with Gasteiger partial charge in [0.1, 0.15) is 0 Å². The van der Waals surface area contributed by atoms with E-state index in [1.54, 1.807) is 12.1 Å². The van der Waals surface area contributed by atoms with E-state index in [1.165, 1.54) is 0 Å². The van der Waals surface area contributed by atoms with Crippen LogP contribution >= 0.6 is 15.9 Å². The van der Waals surface area contributed by atoms with Crippen molar-refractivity contribution < 1.29 is 14.7 Å². The number of hydrogen-bond donors (Lipinski definition) is 1. The smallest absolute Gasteiger partial charge is 0.251 e. The molecule has 1 aromatic rings. The molecular formula is C13H15BrNO3-. The van der Waals surface area contributed by atoms with Crippen LogP contribution in [0.15, 0.2) is 28.7 Å². The largest absolute Gasteiger partial charge is 0.550 e. The molecule has 0 saturated heterocycles. The molecule has 98 valence electrons. The molecule has 0 fully saturated rings. The lowest BCUT2D eigenvalue weighted by molar-refractivity contribution is -0.305. The molecule has 1 N–H and O–H groups in total. The summed E-state index contributed by atoms with van der Waals surface area (Å²) in [6, 6.07) is 7.12. The summed E-state index contributed by atoms with van der Waals surface area (Å²) >= 11 is 3.30. The molecular weight excluding hydrogens is 298 g/mol. The van der Waals surface area contributed by atoms with Crippen LogP contribution in [-0.2, 0) is 4.79 Å². The van der Waals surface area contributed by atoms with Crippen LogP contribution in [0.25, 0.3) is 0 Å². The maximum atomic E-state index is 11.7. The zero-order valence-electron chi connectivity index (χ0n) is 9.95. The minimum atomic E-state index is -1.02. The number of benzene rings is 1. The molecule has 0 aliphatic heterocycles. The Labute approximate surface area is 115 Å². The third-order valence-corrected chi connectivity index (χ3v) is 2.98. The van der Waals surface area contributed by atoms with Crippen LogP contribution < -0.4 is 10.4 Å². The number of aliphatic carboxylic acids is 1. The van der Waals surface area contributed by atoms with Gasteiger partial charge in [0, 0.05) is 22.6 Å². The summed E-state index contributed by atoms with van der Waals surface area (Å²) in [4.78, 5) is 21.8. The number of carbonyl (C=O) groups excluding carboxylic acids is 2. The van der Waals surface area contributed by atoms with E-state index in [4.69, 9.17) is 0 Å². The normalized spacial score (nSPS) is 10.1. The van der Waals surface area contributed by atoms with Crippen molar-refractivity contribution in [1.82, 2.24) is 5.32 Å². The summed E-state index contributed by atoms with van der Waals surface area (Å²) in [5, 5.41) is 13.0. The second-order valence-electron chi connectivity index (χ2n) is 3.95. The van der Waals surface area contributed by atoms with E-state index in [-0.39, 0.29) is 12.3 Å². The molecule has 0 radical (unpaired) electrons. The van der Waals surface area contributed by atoms with Crippen LogP contribution in [0, 0.1) is 0 Å². The number of unbranched alkanes of at least 4 members (excludes halogenated alkanes) is 2. The highest BCUT2D eigenvalue weighted by molar-refractivity contribution is 9.10. The SMILES string of the molecule is O=C([O-])CCCCCNC(=O)c1ccc(Br)cc1. The Hall–Kier alpha value is -1.36. The first-order chi connectivity index (χ1) is 8.59. The monoisotopic (exact) mass is 312 g/mol. The number of halogens is 1. The third-order valence-electron chi connectivity index (χ3n) is 2.45. The van der Waals surface area contributed by atoms with Gasteiger partial charge in [-0.05, 0) is 43.5 Å². The fourth-order valence-electron chi connectivity index (χ4n) is 1.48. The van der Waals surface area contributed by atoms with Crippen molar-refractivity contribution in [3.8, 4) is 0 Å². The molecule has 0 aromatic heterocycles. The van der Waals surface area contributed by atoms with Gasteiger partial charge in [0.2, 0.25) is 0 Å². The van der Waals surface area contributed by atoms with Gasteiger partial charge in [-0.2, -0.15) is 0 Å². The highest BCUT2D eigenvalue weighted by atomic mass is 79.9. The highest BCUT2D eigenvalue weighted by Crippen LogP contribution is 2.10. The first-order valence-corrected chi connectivity index (χ1v) is 6.62. The van der Waals surface area contributed by atoms with Crippen LogP contribution in [0.5, 0.6) is 0 Å². The zero-order valence-corrected chi connectivity index (χ0v) is 11.5. The van der Waals surface area contributed by atoms with E-state index in [2.05, 4.69) is 21.2 Å². The summed E-state index contributed by atoms with van der Waals surface area (Å²) in [6.45, 7) is 0.557. The summed E-state index contributed by atoms with van der Waals surface area (Å²) in [6.07, 6.45) is 2.22. The van der Waals surface area contributed by atoms with E-state index in [0.717, 1.165) is 17.3 Å². The second-order valence-corrected chi connectivity index (χ2v) is 4.86. The fourth-order valence-corrected chi connectivity index (χ4v) is 1.74. The van der Waals surface area contributed by atoms with Crippen LogP contribution in [0.3, 0.4) is 0 Å². The van der Waals surface area contributed by atoms with Crippen molar-refractivity contribution in [2.75, 3.05) is 6.54 Å². The molecule has 0 atom stereocenters. The highest BCUT2D eigenvalue weighted by Gasteiger charge is 2.03. The number of rotatable bonds is 7. The topological polar surface area (TPSA) is 69.2 Å². The molecule has 4 nitrogen and oxygen atoms in total. The molecule has 1 aromatic carbocycles. The standard InChI is InChI=1S/C13H16BrNO3/c14-11-7-5-10(6-8-11)13(18)15-9-3-1-2-4-12(16)17/h5-8H,1-4,9H2,(H,15,18)(H,16,17)/p-1. The van der Waals surface area contributed by atoms with Crippen molar-refractivity contribution in [3.05, 3.63) is 34.3 Å². The van der Waals surface area contributed by atoms with Crippen molar-refractivity contribution in [2.24, 2.45) is 0 Å². The first kappa shape index (κ1) is 14.7. The molecule has 0 bridgehead atoms. The molecule has 18 heavy (non-hydrogen) atoms. The predicted octanol–water partition coefficient (Wildman–Crippen LogP) is 1.49. The van der Waals surface area contributed by atoms with E-state index < -0.39 is 5.97 Å². The van der Waals surface area contributed by atoms with Gasteiger partial charge in [-0.3, -0.25) is 4.79 Å². The van der Waals surface area contributed by atoms with Crippen molar-refractivity contribution in [3.63, 3.8) is 0 Å². The van der Waals surface area contributed by atoms with Gasteiger partial charge >= 0.3 is 0 Å². The molecule has 0 spiro atoms. The van der Waals surface area contributed by atoms with Gasteiger partial charge in [-0.1, -0.05) is 22.4 Å². The summed E-state index contributed by atoms with van der Waals surface area (Å²) in [7, 11) is 0. The average molecular weight is 313 g/mol. The van der Waals surface area contributed by atoms with Crippen LogP contribution in [0.2, 0.25) is 0 Å². The zero-order chi connectivity index (χ0) is 13.4. The van der Waals surface area contributed by atoms with Gasteiger partial charge in [0.25, 0.3) is 5.91 Å². The second kappa shape index (κ2) is 7.87. The minimum Gasteiger partial charge on any atom is -0.550 e. The van der Waals surface area contributed by atoms with Crippen molar-refractivity contribution in [1.29, 1.82) is 0 Å². The minimum absolute atomic E-state index is 0.0840. The summed E-state index contributed by atoms with van der Waals surface area (Å²) in [5.41, 5.74) is 0.618. The lowest BCUT2D eigenvalue weighted by Crippen LogP contribution is -2.24. The van der Waals surface area contributed by atoms with Gasteiger partial charge in [0.15, 0.2) is 0 Å². The van der Waals surface area contributed by atoms with Gasteiger partial charge in [0.05, 0.1) is 0 Å². The lowest BCUT2D eigenvalue weighted by Gasteiger charge is -2.05. The Morgan fingerprint density at radius 3 is 2.39 bits per heavy atom. The van der Waals surface area contributed by atoms with E-state index >= 15 is 0 Å². The maximum absolute atomic E-state index is 11.7. The van der Waals surface area contributed by atoms with Crippen LogP contribution in [-0.4, -0.2) is 18.4 Å². The Morgan fingerprint density at radius 1 is 1.11 bits per heavy atom. The number of carboxylic acid groups (broad SMARTS) is 1. The average Bonchev–Trinajstić information content (AvgIpc) is 2.34. The molecule has 0 aliphatic carbocycles. The number of carboxylic acids is 1. The molecule has 0 heterocycles. The maximum Gasteiger partial charge on any atom is 0.251 e. The van der Waals surface area contributed by atoms with Gasteiger partial charge in [-0.15, -0.1) is 0 Å². The fraction of sp³-hybridized carbons (Fsp3) is 0.385. The number of nitrogens with one attached hydrogen (secondary N) is 1. The van der Waals surface area contributed by atoms with Gasteiger partial charge in [-0.25, -0.2) is 0 Å². The third kappa shape index (κ3) is 5.82. The van der Waals surface area contributed by atoms with Crippen LogP contribution in [0.4, 0.5) is 0 Å². The molecule has 0 saturated carbocycles. The Morgan fingerprint density at radius 2 is 1.78 bits per heavy atom. The van der Waals surface area contributed by atoms with E-state index in [1.807, 2.05) is 12.1 Å². The number of carbonyl (C=O) groups is 2. The van der Waals surface area contributed by atoms with Crippen LogP contribution in [0.1, 0.15) is 36.0 Å². The molecule has 1 rings (SSSR count). The Bertz CT molecular complexity index is 403. The summed E-state index contributed by atoms with van der Waals surface area (Å²) in [5.74, 6) is -1.13. The van der Waals surface area contributed by atoms with Crippen molar-refractivity contribution in [2.45, 2.75) is 25.7 Å². The molecule has 5 heteroatoms. The number of hydrogen-bond acceptors (Lipinski definition) is 3. The Balaban J connectivity index is 2.17. The van der Waals surface area contributed by atoms with E-state index in [0.29, 0.717) is 18.5 Å².